The van der Waals surface area contributed by atoms with E-state index in [1.54, 1.807) is 18.2 Å². The second-order valence-electron chi connectivity index (χ2n) is 4.05. The molecule has 1 amide bonds. The first-order chi connectivity index (χ1) is 8.41. The topological polar surface area (TPSA) is 54.5 Å². The Labute approximate surface area is 115 Å². The van der Waals surface area contributed by atoms with Gasteiger partial charge in [-0.15, -0.1) is 0 Å². The zero-order valence-electron chi connectivity index (χ0n) is 9.40. The number of nitrogens with zero attached hydrogens (tertiary/aromatic N) is 1. The molecule has 18 heavy (non-hydrogen) atoms. The number of rotatable bonds is 1. The van der Waals surface area contributed by atoms with Crippen LogP contribution in [0, 0.1) is 0 Å². The third kappa shape index (κ3) is 2.79. The van der Waals surface area contributed by atoms with E-state index in [1.165, 1.54) is 4.90 Å². The molecule has 0 spiro atoms. The Morgan fingerprint density at radius 1 is 1.17 bits per heavy atom. The molecule has 0 N–H and O–H groups in total. The smallest absolute Gasteiger partial charge is 0.255 e. The van der Waals surface area contributed by atoms with Gasteiger partial charge in [-0.05, 0) is 12.1 Å². The van der Waals surface area contributed by atoms with Gasteiger partial charge in [-0.2, -0.15) is 0 Å². The van der Waals surface area contributed by atoms with Gasteiger partial charge in [-0.25, -0.2) is 8.42 Å². The molecule has 1 aromatic rings. The summed E-state index contributed by atoms with van der Waals surface area (Å²) in [5.74, 6) is -0.286. The van der Waals surface area contributed by atoms with Crippen molar-refractivity contribution in [2.24, 2.45) is 0 Å². The SMILES string of the molecule is O=C(c1cccc(Cl)c1Cl)N1CCS(=O)(=O)CC1. The lowest BCUT2D eigenvalue weighted by molar-refractivity contribution is 0.0770. The Morgan fingerprint density at radius 2 is 1.78 bits per heavy atom. The minimum Gasteiger partial charge on any atom is -0.337 e. The number of sulfone groups is 1. The highest BCUT2D eigenvalue weighted by Gasteiger charge is 2.27. The Balaban J connectivity index is 2.20. The molecular formula is C11H11Cl2NO3S. The van der Waals surface area contributed by atoms with Crippen molar-refractivity contribution < 1.29 is 13.2 Å². The van der Waals surface area contributed by atoms with Crippen LogP contribution in [0.5, 0.6) is 0 Å². The fourth-order valence-electron chi connectivity index (χ4n) is 1.75. The quantitative estimate of drug-likeness (QED) is 0.796. The average Bonchev–Trinajstić information content (AvgIpc) is 2.32. The molecule has 0 radical (unpaired) electrons. The highest BCUT2D eigenvalue weighted by Crippen LogP contribution is 2.26. The van der Waals surface area contributed by atoms with Gasteiger partial charge in [0.15, 0.2) is 9.84 Å². The normalized spacial score (nSPS) is 18.7. The number of carbonyl (C=O) groups is 1. The first-order valence-electron chi connectivity index (χ1n) is 5.34. The molecule has 0 saturated carbocycles. The molecule has 98 valence electrons. The zero-order valence-corrected chi connectivity index (χ0v) is 11.7. The summed E-state index contributed by atoms with van der Waals surface area (Å²) in [6.07, 6.45) is 0. The van der Waals surface area contributed by atoms with Crippen molar-refractivity contribution in [1.82, 2.24) is 4.90 Å². The Hall–Kier alpha value is -0.780. The van der Waals surface area contributed by atoms with Crippen LogP contribution >= 0.6 is 23.2 Å². The van der Waals surface area contributed by atoms with E-state index in [-0.39, 0.29) is 35.5 Å². The lowest BCUT2D eigenvalue weighted by Crippen LogP contribution is -2.43. The molecular weight excluding hydrogens is 297 g/mol. The second-order valence-corrected chi connectivity index (χ2v) is 7.13. The van der Waals surface area contributed by atoms with Gasteiger partial charge < -0.3 is 4.90 Å². The van der Waals surface area contributed by atoms with Crippen LogP contribution in [0.4, 0.5) is 0 Å². The molecule has 0 unspecified atom stereocenters. The molecule has 1 aromatic carbocycles. The van der Waals surface area contributed by atoms with Crippen molar-refractivity contribution in [1.29, 1.82) is 0 Å². The van der Waals surface area contributed by atoms with Gasteiger partial charge in [0.25, 0.3) is 5.91 Å². The average molecular weight is 308 g/mol. The number of carbonyl (C=O) groups excluding carboxylic acids is 1. The monoisotopic (exact) mass is 307 g/mol. The van der Waals surface area contributed by atoms with Crippen molar-refractivity contribution in [2.75, 3.05) is 24.6 Å². The highest BCUT2D eigenvalue weighted by atomic mass is 35.5. The minimum atomic E-state index is -3.00. The fraction of sp³-hybridized carbons (Fsp3) is 0.364. The van der Waals surface area contributed by atoms with E-state index in [0.29, 0.717) is 10.6 Å². The van der Waals surface area contributed by atoms with Crippen molar-refractivity contribution in [3.05, 3.63) is 33.8 Å². The summed E-state index contributed by atoms with van der Waals surface area (Å²) in [6.45, 7) is 0.397. The van der Waals surface area contributed by atoms with E-state index in [2.05, 4.69) is 0 Å². The lowest BCUT2D eigenvalue weighted by Gasteiger charge is -2.27. The zero-order chi connectivity index (χ0) is 13.3. The number of halogens is 2. The minimum absolute atomic E-state index is 0.00305. The highest BCUT2D eigenvalue weighted by molar-refractivity contribution is 7.91. The van der Waals surface area contributed by atoms with Gasteiger partial charge in [-0.3, -0.25) is 4.79 Å². The van der Waals surface area contributed by atoms with Crippen molar-refractivity contribution >= 4 is 38.9 Å². The van der Waals surface area contributed by atoms with Gasteiger partial charge in [0, 0.05) is 13.1 Å². The van der Waals surface area contributed by atoms with Crippen molar-refractivity contribution in [2.45, 2.75) is 0 Å². The van der Waals surface area contributed by atoms with Crippen LogP contribution in [0.1, 0.15) is 10.4 Å². The van der Waals surface area contributed by atoms with E-state index in [4.69, 9.17) is 23.2 Å². The molecule has 1 fully saturated rings. The molecule has 1 aliphatic rings. The molecule has 1 saturated heterocycles. The third-order valence-electron chi connectivity index (χ3n) is 2.81. The molecule has 2 rings (SSSR count). The summed E-state index contributed by atoms with van der Waals surface area (Å²) in [5.41, 5.74) is 0.309. The largest absolute Gasteiger partial charge is 0.337 e. The Morgan fingerprint density at radius 3 is 2.39 bits per heavy atom. The van der Waals surface area contributed by atoms with Gasteiger partial charge in [0.05, 0.1) is 27.1 Å². The summed E-state index contributed by atoms with van der Waals surface area (Å²) in [5, 5.41) is 0.518. The molecule has 7 heteroatoms. The molecule has 0 aliphatic carbocycles. The van der Waals surface area contributed by atoms with E-state index in [1.807, 2.05) is 0 Å². The molecule has 0 atom stereocenters. The summed E-state index contributed by atoms with van der Waals surface area (Å²) >= 11 is 11.8. The van der Waals surface area contributed by atoms with Crippen LogP contribution in [0.3, 0.4) is 0 Å². The Kier molecular flexibility index (Phi) is 3.84. The van der Waals surface area contributed by atoms with Crippen LogP contribution in [-0.4, -0.2) is 43.8 Å². The van der Waals surface area contributed by atoms with Gasteiger partial charge in [0.2, 0.25) is 0 Å². The van der Waals surface area contributed by atoms with E-state index >= 15 is 0 Å². The van der Waals surface area contributed by atoms with Crippen molar-refractivity contribution in [3.8, 4) is 0 Å². The number of benzene rings is 1. The third-order valence-corrected chi connectivity index (χ3v) is 5.24. The lowest BCUT2D eigenvalue weighted by atomic mass is 10.2. The molecule has 0 aromatic heterocycles. The van der Waals surface area contributed by atoms with Crippen LogP contribution in [0.25, 0.3) is 0 Å². The summed E-state index contributed by atoms with van der Waals surface area (Å²) in [7, 11) is -3.00. The fourth-order valence-corrected chi connectivity index (χ4v) is 3.34. The summed E-state index contributed by atoms with van der Waals surface area (Å²) < 4.78 is 22.6. The number of amides is 1. The standard InChI is InChI=1S/C11H11Cl2NO3S/c12-9-3-1-2-8(10(9)13)11(15)14-4-6-18(16,17)7-5-14/h1-3H,4-7H2. The van der Waals surface area contributed by atoms with Gasteiger partial charge in [-0.1, -0.05) is 29.3 Å². The van der Waals surface area contributed by atoms with Gasteiger partial charge >= 0.3 is 0 Å². The van der Waals surface area contributed by atoms with Crippen molar-refractivity contribution in [3.63, 3.8) is 0 Å². The predicted octanol–water partition coefficient (Wildman–Crippen LogP) is 1.86. The maximum atomic E-state index is 12.2. The molecule has 4 nitrogen and oxygen atoms in total. The maximum Gasteiger partial charge on any atom is 0.255 e. The van der Waals surface area contributed by atoms with E-state index < -0.39 is 9.84 Å². The maximum absolute atomic E-state index is 12.2. The second kappa shape index (κ2) is 5.07. The van der Waals surface area contributed by atoms with Crippen LogP contribution in [-0.2, 0) is 9.84 Å². The Bertz CT molecular complexity index is 572. The summed E-state index contributed by atoms with van der Waals surface area (Å²) in [6, 6.07) is 4.82. The molecule has 1 heterocycles. The molecule has 0 bridgehead atoms. The van der Waals surface area contributed by atoms with Crippen LogP contribution in [0.2, 0.25) is 10.0 Å². The number of hydrogen-bond acceptors (Lipinski definition) is 3. The van der Waals surface area contributed by atoms with Crippen LogP contribution in [0.15, 0.2) is 18.2 Å². The molecule has 1 aliphatic heterocycles. The summed E-state index contributed by atoms with van der Waals surface area (Å²) in [4.78, 5) is 13.7. The number of hydrogen-bond donors (Lipinski definition) is 0. The first kappa shape index (κ1) is 13.6. The first-order valence-corrected chi connectivity index (χ1v) is 7.92. The van der Waals surface area contributed by atoms with E-state index in [9.17, 15) is 13.2 Å². The van der Waals surface area contributed by atoms with E-state index in [0.717, 1.165) is 0 Å². The predicted molar refractivity (Wildman–Crippen MR) is 71.0 cm³/mol. The van der Waals surface area contributed by atoms with Gasteiger partial charge in [0.1, 0.15) is 0 Å². The van der Waals surface area contributed by atoms with Crippen LogP contribution < -0.4 is 0 Å².